The molecule has 0 spiro atoms. The molecule has 0 radical (unpaired) electrons. The van der Waals surface area contributed by atoms with Crippen LogP contribution in [0.3, 0.4) is 0 Å². The molecule has 1 rings (SSSR count). The molecule has 0 aliphatic heterocycles. The normalized spacial score (nSPS) is 10.0. The van der Waals surface area contributed by atoms with Gasteiger partial charge in [-0.3, -0.25) is 4.79 Å². The number of hydrogen-bond acceptors (Lipinski definition) is 2. The third-order valence-corrected chi connectivity index (χ3v) is 2.75. The van der Waals surface area contributed by atoms with Gasteiger partial charge in [-0.1, -0.05) is 24.3 Å². The fourth-order valence-corrected chi connectivity index (χ4v) is 1.75. The minimum absolute atomic E-state index is 0.0218. The van der Waals surface area contributed by atoms with Gasteiger partial charge in [0.05, 0.1) is 12.0 Å². The predicted octanol–water partition coefficient (Wildman–Crippen LogP) is 2.35. The topological polar surface area (TPSA) is 57.6 Å². The summed E-state index contributed by atoms with van der Waals surface area (Å²) in [4.78, 5) is 24.5. The van der Waals surface area contributed by atoms with Crippen LogP contribution in [0.25, 0.3) is 0 Å². The highest BCUT2D eigenvalue weighted by molar-refractivity contribution is 5.87. The number of carbonyl (C=O) groups excluding carboxylic acids is 1. The summed E-state index contributed by atoms with van der Waals surface area (Å²) in [5.74, 6) is -0.941. The second-order valence-corrected chi connectivity index (χ2v) is 4.54. The number of carboxylic acid groups (broad SMARTS) is 1. The minimum atomic E-state index is -0.963. The fourth-order valence-electron chi connectivity index (χ4n) is 1.75. The molecule has 1 aromatic rings. The van der Waals surface area contributed by atoms with E-state index in [9.17, 15) is 9.59 Å². The molecule has 0 saturated heterocycles. The molecule has 0 aromatic heterocycles. The second-order valence-electron chi connectivity index (χ2n) is 4.54. The fraction of sp³-hybridized carbons (Fsp3) is 0.333. The number of benzene rings is 1. The van der Waals surface area contributed by atoms with Crippen molar-refractivity contribution in [1.29, 1.82) is 0 Å². The van der Waals surface area contributed by atoms with Gasteiger partial charge in [0, 0.05) is 13.1 Å². The first-order chi connectivity index (χ1) is 8.93. The zero-order chi connectivity index (χ0) is 14.4. The Kier molecular flexibility index (Phi) is 5.30. The molecule has 0 atom stereocenters. The standard InChI is InChI=1S/C15H19NO3/c1-4-16(10-11(2)3)14(17)9-12-5-7-13(8-6-12)15(18)19/h5-8H,2,4,9-10H2,1,3H3,(H,18,19). The van der Waals surface area contributed by atoms with E-state index in [2.05, 4.69) is 6.58 Å². The van der Waals surface area contributed by atoms with E-state index in [-0.39, 0.29) is 17.9 Å². The Bertz CT molecular complexity index is 477. The molecule has 1 aromatic carbocycles. The van der Waals surface area contributed by atoms with Gasteiger partial charge in [0.25, 0.3) is 0 Å². The molecule has 0 aliphatic rings. The van der Waals surface area contributed by atoms with Crippen LogP contribution in [0, 0.1) is 0 Å². The van der Waals surface area contributed by atoms with E-state index in [0.29, 0.717) is 13.1 Å². The molecule has 4 heteroatoms. The van der Waals surface area contributed by atoms with Crippen LogP contribution in [0.2, 0.25) is 0 Å². The van der Waals surface area contributed by atoms with Crippen molar-refractivity contribution in [3.63, 3.8) is 0 Å². The quantitative estimate of drug-likeness (QED) is 0.800. The van der Waals surface area contributed by atoms with Crippen LogP contribution >= 0.6 is 0 Å². The molecule has 1 N–H and O–H groups in total. The lowest BCUT2D eigenvalue weighted by Crippen LogP contribution is -2.33. The van der Waals surface area contributed by atoms with Crippen LogP contribution < -0.4 is 0 Å². The lowest BCUT2D eigenvalue weighted by atomic mass is 10.1. The Balaban J connectivity index is 2.70. The SMILES string of the molecule is C=C(C)CN(CC)C(=O)Cc1ccc(C(=O)O)cc1. The molecule has 0 aliphatic carbocycles. The van der Waals surface area contributed by atoms with E-state index >= 15 is 0 Å². The maximum Gasteiger partial charge on any atom is 0.335 e. The Morgan fingerprint density at radius 2 is 1.84 bits per heavy atom. The number of nitrogens with zero attached hydrogens (tertiary/aromatic N) is 1. The van der Waals surface area contributed by atoms with Crippen molar-refractivity contribution in [2.24, 2.45) is 0 Å². The van der Waals surface area contributed by atoms with E-state index < -0.39 is 5.97 Å². The lowest BCUT2D eigenvalue weighted by Gasteiger charge is -2.21. The molecular formula is C15H19NO3. The maximum atomic E-state index is 12.1. The maximum absolute atomic E-state index is 12.1. The summed E-state index contributed by atoms with van der Waals surface area (Å²) in [7, 11) is 0. The van der Waals surface area contributed by atoms with E-state index in [1.165, 1.54) is 12.1 Å². The zero-order valence-corrected chi connectivity index (χ0v) is 11.3. The van der Waals surface area contributed by atoms with Gasteiger partial charge in [-0.15, -0.1) is 0 Å². The van der Waals surface area contributed by atoms with Crippen molar-refractivity contribution in [3.05, 3.63) is 47.5 Å². The van der Waals surface area contributed by atoms with Crippen LogP contribution in [-0.2, 0) is 11.2 Å². The van der Waals surface area contributed by atoms with Gasteiger partial charge in [0.1, 0.15) is 0 Å². The summed E-state index contributed by atoms with van der Waals surface area (Å²) in [6.45, 7) is 8.81. The highest BCUT2D eigenvalue weighted by Crippen LogP contribution is 2.08. The van der Waals surface area contributed by atoms with Gasteiger partial charge in [0.15, 0.2) is 0 Å². The first-order valence-electron chi connectivity index (χ1n) is 6.18. The van der Waals surface area contributed by atoms with E-state index in [4.69, 9.17) is 5.11 Å². The van der Waals surface area contributed by atoms with Crippen LogP contribution in [0.1, 0.15) is 29.8 Å². The van der Waals surface area contributed by atoms with Crippen LogP contribution in [-0.4, -0.2) is 35.0 Å². The summed E-state index contributed by atoms with van der Waals surface area (Å²) in [5.41, 5.74) is 1.98. The number of likely N-dealkylation sites (N-methyl/N-ethyl adjacent to an activating group) is 1. The van der Waals surface area contributed by atoms with Gasteiger partial charge < -0.3 is 10.0 Å². The number of carbonyl (C=O) groups is 2. The average molecular weight is 261 g/mol. The van der Waals surface area contributed by atoms with Crippen LogP contribution in [0.5, 0.6) is 0 Å². The second kappa shape index (κ2) is 6.73. The Hall–Kier alpha value is -2.10. The smallest absolute Gasteiger partial charge is 0.335 e. The monoisotopic (exact) mass is 261 g/mol. The predicted molar refractivity (Wildman–Crippen MR) is 74.2 cm³/mol. The molecule has 0 fully saturated rings. The van der Waals surface area contributed by atoms with Crippen molar-refractivity contribution < 1.29 is 14.7 Å². The number of hydrogen-bond donors (Lipinski definition) is 1. The molecule has 0 unspecified atom stereocenters. The molecule has 0 heterocycles. The lowest BCUT2D eigenvalue weighted by molar-refractivity contribution is -0.129. The molecule has 0 bridgehead atoms. The van der Waals surface area contributed by atoms with Crippen molar-refractivity contribution in [3.8, 4) is 0 Å². The first kappa shape index (κ1) is 15.0. The summed E-state index contributed by atoms with van der Waals surface area (Å²) in [6, 6.07) is 6.38. The highest BCUT2D eigenvalue weighted by atomic mass is 16.4. The summed E-state index contributed by atoms with van der Waals surface area (Å²) >= 11 is 0. The Labute approximate surface area is 113 Å². The number of carboxylic acids is 1. The zero-order valence-electron chi connectivity index (χ0n) is 11.3. The minimum Gasteiger partial charge on any atom is -0.478 e. The van der Waals surface area contributed by atoms with Crippen molar-refractivity contribution >= 4 is 11.9 Å². The molecule has 102 valence electrons. The highest BCUT2D eigenvalue weighted by Gasteiger charge is 2.12. The van der Waals surface area contributed by atoms with E-state index in [0.717, 1.165) is 11.1 Å². The van der Waals surface area contributed by atoms with Gasteiger partial charge >= 0.3 is 5.97 Å². The van der Waals surface area contributed by atoms with Crippen LogP contribution in [0.15, 0.2) is 36.4 Å². The molecule has 0 saturated carbocycles. The third kappa shape index (κ3) is 4.58. The summed E-state index contributed by atoms with van der Waals surface area (Å²) < 4.78 is 0. The number of amides is 1. The van der Waals surface area contributed by atoms with Gasteiger partial charge in [0.2, 0.25) is 5.91 Å². The molecule has 1 amide bonds. The van der Waals surface area contributed by atoms with Gasteiger partial charge in [-0.25, -0.2) is 4.79 Å². The van der Waals surface area contributed by atoms with Gasteiger partial charge in [-0.05, 0) is 31.5 Å². The average Bonchev–Trinajstić information content (AvgIpc) is 2.36. The van der Waals surface area contributed by atoms with Crippen molar-refractivity contribution in [1.82, 2.24) is 4.90 Å². The number of rotatable bonds is 6. The summed E-state index contributed by atoms with van der Waals surface area (Å²) in [6.07, 6.45) is 0.279. The van der Waals surface area contributed by atoms with E-state index in [1.807, 2.05) is 13.8 Å². The number of aromatic carboxylic acids is 1. The van der Waals surface area contributed by atoms with E-state index in [1.54, 1.807) is 17.0 Å². The Morgan fingerprint density at radius 1 is 1.26 bits per heavy atom. The Morgan fingerprint density at radius 3 is 2.26 bits per heavy atom. The van der Waals surface area contributed by atoms with Gasteiger partial charge in [-0.2, -0.15) is 0 Å². The van der Waals surface area contributed by atoms with Crippen molar-refractivity contribution in [2.75, 3.05) is 13.1 Å². The largest absolute Gasteiger partial charge is 0.478 e. The van der Waals surface area contributed by atoms with Crippen molar-refractivity contribution in [2.45, 2.75) is 20.3 Å². The summed E-state index contributed by atoms with van der Waals surface area (Å²) in [5, 5.41) is 8.80. The third-order valence-electron chi connectivity index (χ3n) is 2.75. The molecule has 19 heavy (non-hydrogen) atoms. The molecular weight excluding hydrogens is 242 g/mol. The van der Waals surface area contributed by atoms with Crippen LogP contribution in [0.4, 0.5) is 0 Å². The first-order valence-corrected chi connectivity index (χ1v) is 6.18. The molecule has 4 nitrogen and oxygen atoms in total.